The normalized spacial score (nSPS) is 10.8. The predicted molar refractivity (Wildman–Crippen MR) is 74.7 cm³/mol. The molecule has 3 aromatic rings. The highest BCUT2D eigenvalue weighted by atomic mass is 32.1. The van der Waals surface area contributed by atoms with Gasteiger partial charge in [0.1, 0.15) is 0 Å². The van der Waals surface area contributed by atoms with E-state index in [0.717, 1.165) is 10.9 Å². The molecule has 0 unspecified atom stereocenters. The topological polar surface area (TPSA) is 69.9 Å². The smallest absolute Gasteiger partial charge is 0.378 e. The molecule has 0 radical (unpaired) electrons. The Labute approximate surface area is 119 Å². The van der Waals surface area contributed by atoms with E-state index in [2.05, 4.69) is 33.0 Å². The van der Waals surface area contributed by atoms with E-state index >= 15 is 0 Å². The fourth-order valence-corrected chi connectivity index (χ4v) is 2.92. The molecule has 6 nitrogen and oxygen atoms in total. The number of nitrogens with zero attached hydrogens (tertiary/aromatic N) is 4. The molecule has 1 aromatic carbocycles. The first-order valence-electron chi connectivity index (χ1n) is 6.18. The Balaban J connectivity index is 1.92. The first kappa shape index (κ1) is 12.7. The molecule has 2 heterocycles. The third-order valence-electron chi connectivity index (χ3n) is 2.87. The van der Waals surface area contributed by atoms with Crippen molar-refractivity contribution < 1.29 is 9.53 Å². The molecule has 0 N–H and O–H groups in total. The molecule has 102 valence electrons. The summed E-state index contributed by atoms with van der Waals surface area (Å²) in [6, 6.07) is 8.11. The van der Waals surface area contributed by atoms with Crippen LogP contribution < -0.4 is 0 Å². The lowest BCUT2D eigenvalue weighted by molar-refractivity contribution is 0.0505. The molecule has 2 aromatic heterocycles. The summed E-state index contributed by atoms with van der Waals surface area (Å²) in [7, 11) is 0. The predicted octanol–water partition coefficient (Wildman–Crippen LogP) is 2.11. The first-order chi connectivity index (χ1) is 9.79. The summed E-state index contributed by atoms with van der Waals surface area (Å²) in [4.78, 5) is 11.7. The number of hydrogen-bond acceptors (Lipinski definition) is 6. The fraction of sp³-hybridized carbons (Fsp3) is 0.231. The Morgan fingerprint density at radius 3 is 3.10 bits per heavy atom. The molecule has 0 bridgehead atoms. The van der Waals surface area contributed by atoms with Gasteiger partial charge in [0.05, 0.1) is 13.2 Å². The zero-order chi connectivity index (χ0) is 13.9. The molecular formula is C13H12N4O2S. The number of fused-ring (bicyclic) bond motifs is 1. The summed E-state index contributed by atoms with van der Waals surface area (Å²) < 4.78 is 7.60. The van der Waals surface area contributed by atoms with Crippen LogP contribution in [0, 0.1) is 0 Å². The van der Waals surface area contributed by atoms with Gasteiger partial charge >= 0.3 is 5.97 Å². The zero-order valence-electron chi connectivity index (χ0n) is 10.8. The number of ether oxygens (including phenoxy) is 1. The number of thiophene rings is 1. The monoisotopic (exact) mass is 288 g/mol. The van der Waals surface area contributed by atoms with E-state index in [1.807, 2.05) is 12.1 Å². The second-order valence-corrected chi connectivity index (χ2v) is 5.05. The highest BCUT2D eigenvalue weighted by Gasteiger charge is 2.17. The maximum Gasteiger partial charge on any atom is 0.378 e. The Hall–Kier alpha value is -2.28. The number of aromatic nitrogens is 4. The highest BCUT2D eigenvalue weighted by molar-refractivity contribution is 7.17. The number of rotatable bonds is 4. The minimum atomic E-state index is -0.503. The van der Waals surface area contributed by atoms with Gasteiger partial charge in [0.15, 0.2) is 0 Å². The van der Waals surface area contributed by atoms with Gasteiger partial charge in [-0.1, -0.05) is 18.2 Å². The average Bonchev–Trinajstić information content (AvgIpc) is 3.07. The Kier molecular flexibility index (Phi) is 3.42. The molecule has 0 aliphatic rings. The van der Waals surface area contributed by atoms with Crippen molar-refractivity contribution in [2.24, 2.45) is 0 Å². The SMILES string of the molecule is CCOC(=O)c1nnnn1Cc1csc2ccccc12. The molecule has 7 heteroatoms. The molecule has 3 rings (SSSR count). The van der Waals surface area contributed by atoms with Gasteiger partial charge in [-0.25, -0.2) is 9.48 Å². The van der Waals surface area contributed by atoms with Crippen LogP contribution in [-0.4, -0.2) is 32.8 Å². The van der Waals surface area contributed by atoms with E-state index in [1.165, 1.54) is 9.38 Å². The number of hydrogen-bond donors (Lipinski definition) is 0. The van der Waals surface area contributed by atoms with Crippen LogP contribution >= 0.6 is 11.3 Å². The summed E-state index contributed by atoms with van der Waals surface area (Å²) in [6.45, 7) is 2.50. The van der Waals surface area contributed by atoms with E-state index in [9.17, 15) is 4.79 Å². The fourth-order valence-electron chi connectivity index (χ4n) is 1.97. The summed E-state index contributed by atoms with van der Waals surface area (Å²) in [6.07, 6.45) is 0. The summed E-state index contributed by atoms with van der Waals surface area (Å²) in [5.74, 6) is -0.376. The van der Waals surface area contributed by atoms with Crippen LogP contribution in [0.15, 0.2) is 29.6 Å². The van der Waals surface area contributed by atoms with Gasteiger partial charge in [0.2, 0.25) is 0 Å². The van der Waals surface area contributed by atoms with Crippen LogP contribution in [0.25, 0.3) is 10.1 Å². The molecule has 0 saturated carbocycles. The third kappa shape index (κ3) is 2.27. The lowest BCUT2D eigenvalue weighted by Crippen LogP contribution is -2.15. The second-order valence-electron chi connectivity index (χ2n) is 4.14. The van der Waals surface area contributed by atoms with Crippen molar-refractivity contribution in [2.75, 3.05) is 6.61 Å². The molecule has 0 aliphatic carbocycles. The summed E-state index contributed by atoms with van der Waals surface area (Å²) in [5, 5.41) is 14.4. The van der Waals surface area contributed by atoms with Crippen molar-refractivity contribution in [2.45, 2.75) is 13.5 Å². The van der Waals surface area contributed by atoms with E-state index in [1.54, 1.807) is 18.3 Å². The molecule has 0 aliphatic heterocycles. The number of tetrazole rings is 1. The summed E-state index contributed by atoms with van der Waals surface area (Å²) >= 11 is 1.66. The van der Waals surface area contributed by atoms with Gasteiger partial charge in [0, 0.05) is 4.70 Å². The highest BCUT2D eigenvalue weighted by Crippen LogP contribution is 2.26. The second kappa shape index (κ2) is 5.38. The Bertz CT molecular complexity index is 750. The van der Waals surface area contributed by atoms with Crippen LogP contribution in [0.4, 0.5) is 0 Å². The maximum absolute atomic E-state index is 11.7. The van der Waals surface area contributed by atoms with E-state index in [-0.39, 0.29) is 5.82 Å². The van der Waals surface area contributed by atoms with Gasteiger partial charge in [-0.2, -0.15) is 0 Å². The molecule has 0 atom stereocenters. The lowest BCUT2D eigenvalue weighted by Gasteiger charge is -2.03. The number of carbonyl (C=O) groups is 1. The van der Waals surface area contributed by atoms with Crippen molar-refractivity contribution in [3.8, 4) is 0 Å². The standard InChI is InChI=1S/C13H12N4O2S/c1-2-19-13(18)12-14-15-16-17(12)7-9-8-20-11-6-4-3-5-10(9)11/h3-6,8H,2,7H2,1H3. The van der Waals surface area contributed by atoms with Crippen molar-refractivity contribution in [3.05, 3.63) is 41.0 Å². The van der Waals surface area contributed by atoms with Crippen LogP contribution in [0.2, 0.25) is 0 Å². The van der Waals surface area contributed by atoms with E-state index < -0.39 is 5.97 Å². The van der Waals surface area contributed by atoms with Crippen molar-refractivity contribution in [1.29, 1.82) is 0 Å². The first-order valence-corrected chi connectivity index (χ1v) is 7.06. The lowest BCUT2D eigenvalue weighted by atomic mass is 10.2. The minimum Gasteiger partial charge on any atom is -0.460 e. The van der Waals surface area contributed by atoms with Crippen LogP contribution in [0.3, 0.4) is 0 Å². The van der Waals surface area contributed by atoms with Crippen LogP contribution in [0.5, 0.6) is 0 Å². The van der Waals surface area contributed by atoms with Crippen molar-refractivity contribution in [1.82, 2.24) is 20.2 Å². The van der Waals surface area contributed by atoms with Gasteiger partial charge < -0.3 is 4.74 Å². The third-order valence-corrected chi connectivity index (χ3v) is 3.88. The molecule has 0 saturated heterocycles. The average molecular weight is 288 g/mol. The molecule has 0 amide bonds. The number of esters is 1. The maximum atomic E-state index is 11.7. The Morgan fingerprint density at radius 2 is 2.25 bits per heavy atom. The quantitative estimate of drug-likeness (QED) is 0.688. The number of carbonyl (C=O) groups excluding carboxylic acids is 1. The molecule has 0 spiro atoms. The van der Waals surface area contributed by atoms with Gasteiger partial charge in [-0.05, 0) is 39.7 Å². The molecular weight excluding hydrogens is 276 g/mol. The van der Waals surface area contributed by atoms with Crippen LogP contribution in [0.1, 0.15) is 23.1 Å². The van der Waals surface area contributed by atoms with Crippen LogP contribution in [-0.2, 0) is 11.3 Å². The molecule has 20 heavy (non-hydrogen) atoms. The van der Waals surface area contributed by atoms with Gasteiger partial charge in [0.25, 0.3) is 5.82 Å². The summed E-state index contributed by atoms with van der Waals surface area (Å²) in [5.41, 5.74) is 1.09. The van der Waals surface area contributed by atoms with E-state index in [4.69, 9.17) is 4.74 Å². The van der Waals surface area contributed by atoms with E-state index in [0.29, 0.717) is 13.2 Å². The van der Waals surface area contributed by atoms with Gasteiger partial charge in [-0.3, -0.25) is 0 Å². The zero-order valence-corrected chi connectivity index (χ0v) is 11.6. The van der Waals surface area contributed by atoms with Crippen molar-refractivity contribution in [3.63, 3.8) is 0 Å². The number of benzene rings is 1. The minimum absolute atomic E-state index is 0.127. The Morgan fingerprint density at radius 1 is 1.40 bits per heavy atom. The largest absolute Gasteiger partial charge is 0.460 e. The van der Waals surface area contributed by atoms with Crippen molar-refractivity contribution >= 4 is 27.4 Å². The molecule has 0 fully saturated rings. The van der Waals surface area contributed by atoms with Gasteiger partial charge in [-0.15, -0.1) is 16.4 Å².